The van der Waals surface area contributed by atoms with Crippen molar-refractivity contribution in [2.24, 2.45) is 0 Å². The van der Waals surface area contributed by atoms with Gasteiger partial charge in [-0.25, -0.2) is 0 Å². The number of hydrogen-bond acceptors (Lipinski definition) is 1. The van der Waals surface area contributed by atoms with Crippen molar-refractivity contribution in [3.63, 3.8) is 0 Å². The Labute approximate surface area is 69.9 Å². The lowest BCUT2D eigenvalue weighted by atomic mass is 10.2. The summed E-state index contributed by atoms with van der Waals surface area (Å²) in [4.78, 5) is 0. The molecule has 0 radical (unpaired) electrons. The Morgan fingerprint density at radius 1 is 1.27 bits per heavy atom. The van der Waals surface area contributed by atoms with Crippen LogP contribution in [0.5, 0.6) is 0 Å². The van der Waals surface area contributed by atoms with Crippen LogP contribution in [0.2, 0.25) is 18.6 Å². The van der Waals surface area contributed by atoms with E-state index in [0.29, 0.717) is 5.54 Å². The summed E-state index contributed by atoms with van der Waals surface area (Å²) in [6, 6.07) is 0. The Bertz CT molecular complexity index is 170. The largest absolute Gasteiger partial charge is 0.420 e. The first-order valence-corrected chi connectivity index (χ1v) is 7.04. The van der Waals surface area contributed by atoms with E-state index in [1.165, 1.54) is 0 Å². The monoisotopic (exact) mass is 168 g/mol. The fourth-order valence-corrected chi connectivity index (χ4v) is 2.66. The van der Waals surface area contributed by atoms with Gasteiger partial charge >= 0.3 is 0 Å². The minimum Gasteiger partial charge on any atom is -0.420 e. The van der Waals surface area contributed by atoms with Crippen LogP contribution in [0.3, 0.4) is 0 Å². The molecule has 0 aromatic heterocycles. The quantitative estimate of drug-likeness (QED) is 0.455. The van der Waals surface area contributed by atoms with Gasteiger partial charge in [-0.05, 0) is 19.5 Å². The first kappa shape index (κ1) is 8.75. The summed E-state index contributed by atoms with van der Waals surface area (Å²) in [7, 11) is 0.372. The highest BCUT2D eigenvalue weighted by Gasteiger charge is 2.29. The van der Waals surface area contributed by atoms with E-state index >= 15 is 0 Å². The number of hydrogen-bond donors (Lipinski definition) is 0. The zero-order chi connectivity index (χ0) is 8.32. The molecule has 0 spiro atoms. The Balaban J connectivity index is 2.65. The van der Waals surface area contributed by atoms with E-state index in [0.717, 1.165) is 6.42 Å². The maximum Gasteiger partial charge on any atom is 0.196 e. The fourth-order valence-electron chi connectivity index (χ4n) is 1.19. The second-order valence-corrected chi connectivity index (χ2v) is 7.71. The van der Waals surface area contributed by atoms with Crippen LogP contribution in [0.15, 0.2) is 24.3 Å². The van der Waals surface area contributed by atoms with Crippen molar-refractivity contribution in [1.82, 2.24) is 0 Å². The molecule has 62 valence electrons. The summed E-state index contributed by atoms with van der Waals surface area (Å²) in [5, 5.41) is 0. The van der Waals surface area contributed by atoms with Crippen LogP contribution in [-0.2, 0) is 4.43 Å². The molecule has 0 fully saturated rings. The SMILES string of the molecule is CO[Si](C)(C)C1C=CCC=C1. The van der Waals surface area contributed by atoms with Crippen molar-refractivity contribution in [3.05, 3.63) is 24.3 Å². The molecule has 0 aliphatic heterocycles. The molecular weight excluding hydrogens is 152 g/mol. The van der Waals surface area contributed by atoms with Gasteiger partial charge in [-0.1, -0.05) is 24.3 Å². The molecule has 0 N–H and O–H groups in total. The van der Waals surface area contributed by atoms with Crippen LogP contribution in [0.1, 0.15) is 6.42 Å². The lowest BCUT2D eigenvalue weighted by molar-refractivity contribution is 0.401. The van der Waals surface area contributed by atoms with Gasteiger partial charge in [-0.15, -0.1) is 0 Å². The summed E-state index contributed by atoms with van der Waals surface area (Å²) >= 11 is 0. The van der Waals surface area contributed by atoms with Crippen molar-refractivity contribution in [1.29, 1.82) is 0 Å². The van der Waals surface area contributed by atoms with E-state index in [-0.39, 0.29) is 0 Å². The zero-order valence-corrected chi connectivity index (χ0v) is 8.50. The van der Waals surface area contributed by atoms with Gasteiger partial charge in [-0.2, -0.15) is 0 Å². The average molecular weight is 168 g/mol. The molecular formula is C9H16OSi. The second-order valence-electron chi connectivity index (χ2n) is 3.43. The number of rotatable bonds is 2. The van der Waals surface area contributed by atoms with Crippen LogP contribution < -0.4 is 0 Å². The van der Waals surface area contributed by atoms with Crippen LogP contribution in [-0.4, -0.2) is 15.4 Å². The lowest BCUT2D eigenvalue weighted by Crippen LogP contribution is -2.33. The predicted octanol–water partition coefficient (Wildman–Crippen LogP) is 2.72. The third kappa shape index (κ3) is 2.04. The summed E-state index contributed by atoms with van der Waals surface area (Å²) in [5.41, 5.74) is 0.571. The van der Waals surface area contributed by atoms with Gasteiger partial charge < -0.3 is 4.43 Å². The molecule has 0 saturated heterocycles. The standard InChI is InChI=1S/C9H16OSi/c1-10-11(2,3)9-7-5-4-6-8-9/h5-9H,4H2,1-3H3. The fraction of sp³-hybridized carbons (Fsp3) is 0.556. The normalized spacial score (nSPS) is 19.2. The van der Waals surface area contributed by atoms with Crippen LogP contribution in [0.25, 0.3) is 0 Å². The Hall–Kier alpha value is -0.343. The molecule has 1 aliphatic rings. The maximum atomic E-state index is 5.51. The van der Waals surface area contributed by atoms with E-state index in [2.05, 4.69) is 37.4 Å². The van der Waals surface area contributed by atoms with Crippen molar-refractivity contribution >= 4 is 8.32 Å². The van der Waals surface area contributed by atoms with Gasteiger partial charge in [-0.3, -0.25) is 0 Å². The van der Waals surface area contributed by atoms with E-state index in [4.69, 9.17) is 4.43 Å². The molecule has 0 aromatic carbocycles. The predicted molar refractivity (Wildman–Crippen MR) is 51.1 cm³/mol. The molecule has 2 heteroatoms. The lowest BCUT2D eigenvalue weighted by Gasteiger charge is -2.27. The van der Waals surface area contributed by atoms with Gasteiger partial charge in [0.25, 0.3) is 0 Å². The van der Waals surface area contributed by atoms with E-state index in [9.17, 15) is 0 Å². The van der Waals surface area contributed by atoms with Crippen LogP contribution in [0, 0.1) is 0 Å². The van der Waals surface area contributed by atoms with Crippen molar-refractivity contribution in [2.45, 2.75) is 25.1 Å². The van der Waals surface area contributed by atoms with Crippen molar-refractivity contribution in [3.8, 4) is 0 Å². The molecule has 1 rings (SSSR count). The molecule has 0 heterocycles. The summed E-state index contributed by atoms with van der Waals surface area (Å²) in [6.45, 7) is 4.50. The number of allylic oxidation sites excluding steroid dienone is 4. The van der Waals surface area contributed by atoms with E-state index in [1.54, 1.807) is 0 Å². The molecule has 1 nitrogen and oxygen atoms in total. The molecule has 11 heavy (non-hydrogen) atoms. The average Bonchev–Trinajstić information content (AvgIpc) is 2.06. The highest BCUT2D eigenvalue weighted by Crippen LogP contribution is 2.27. The first-order valence-electron chi connectivity index (χ1n) is 4.05. The molecule has 0 atom stereocenters. The van der Waals surface area contributed by atoms with Crippen molar-refractivity contribution in [2.75, 3.05) is 7.11 Å². The zero-order valence-electron chi connectivity index (χ0n) is 7.50. The van der Waals surface area contributed by atoms with Crippen LogP contribution in [0.4, 0.5) is 0 Å². The summed E-state index contributed by atoms with van der Waals surface area (Å²) in [5.74, 6) is 0. The van der Waals surface area contributed by atoms with Gasteiger partial charge in [0.05, 0.1) is 0 Å². The third-order valence-electron chi connectivity index (χ3n) is 2.29. The molecule has 0 bridgehead atoms. The van der Waals surface area contributed by atoms with Gasteiger partial charge in [0.2, 0.25) is 0 Å². The van der Waals surface area contributed by atoms with Gasteiger partial charge in [0.1, 0.15) is 0 Å². The third-order valence-corrected chi connectivity index (χ3v) is 5.33. The molecule has 0 amide bonds. The van der Waals surface area contributed by atoms with Gasteiger partial charge in [0, 0.05) is 12.7 Å². The Kier molecular flexibility index (Phi) is 2.68. The molecule has 0 unspecified atom stereocenters. The van der Waals surface area contributed by atoms with Crippen molar-refractivity contribution < 1.29 is 4.43 Å². The topological polar surface area (TPSA) is 9.23 Å². The summed E-state index contributed by atoms with van der Waals surface area (Å²) < 4.78 is 5.51. The smallest absolute Gasteiger partial charge is 0.196 e. The minimum absolute atomic E-state index is 0.571. The highest BCUT2D eigenvalue weighted by atomic mass is 28.4. The molecule has 1 aliphatic carbocycles. The summed E-state index contributed by atoms with van der Waals surface area (Å²) in [6.07, 6.45) is 10.1. The first-order chi connectivity index (χ1) is 5.17. The van der Waals surface area contributed by atoms with E-state index < -0.39 is 8.32 Å². The second kappa shape index (κ2) is 3.37. The van der Waals surface area contributed by atoms with Gasteiger partial charge in [0.15, 0.2) is 8.32 Å². The highest BCUT2D eigenvalue weighted by molar-refractivity contribution is 6.73. The van der Waals surface area contributed by atoms with Crippen LogP contribution >= 0.6 is 0 Å². The maximum absolute atomic E-state index is 5.51. The molecule has 0 saturated carbocycles. The van der Waals surface area contributed by atoms with E-state index in [1.807, 2.05) is 7.11 Å². The molecule has 0 aromatic rings. The Morgan fingerprint density at radius 2 is 1.82 bits per heavy atom. The Morgan fingerprint density at radius 3 is 2.27 bits per heavy atom. The minimum atomic E-state index is -1.45.